The van der Waals surface area contributed by atoms with E-state index in [9.17, 15) is 57.5 Å². The van der Waals surface area contributed by atoms with E-state index in [1.807, 2.05) is 55.4 Å². The van der Waals surface area contributed by atoms with Crippen LogP contribution in [-0.2, 0) is 57.5 Å². The van der Waals surface area contributed by atoms with Crippen molar-refractivity contribution in [3.63, 3.8) is 0 Å². The maximum absolute atomic E-state index is 13.7. The van der Waals surface area contributed by atoms with Crippen LogP contribution in [0.2, 0.25) is 0 Å². The zero-order valence-corrected chi connectivity index (χ0v) is 60.9. The van der Waals surface area contributed by atoms with Crippen molar-refractivity contribution in [2.45, 2.75) is 310 Å². The lowest BCUT2D eigenvalue weighted by Crippen LogP contribution is -2.48. The second-order valence-electron chi connectivity index (χ2n) is 28.2. The molecule has 0 spiro atoms. The van der Waals surface area contributed by atoms with Crippen molar-refractivity contribution in [2.24, 2.45) is 58.1 Å². The van der Waals surface area contributed by atoms with Crippen LogP contribution in [-0.4, -0.2) is 170 Å². The molecular weight excluding hydrogens is 1250 g/mol. The molecule has 0 heterocycles. The van der Waals surface area contributed by atoms with Gasteiger partial charge in [0.25, 0.3) is 0 Å². The lowest BCUT2D eigenvalue weighted by atomic mass is 9.98. The van der Waals surface area contributed by atoms with Gasteiger partial charge in [-0.25, -0.2) is 0 Å². The van der Waals surface area contributed by atoms with Gasteiger partial charge in [0.2, 0.25) is 70.9 Å². The lowest BCUT2D eigenvalue weighted by molar-refractivity contribution is -0.128. The van der Waals surface area contributed by atoms with Gasteiger partial charge in [0.05, 0.1) is 0 Å². The van der Waals surface area contributed by atoms with E-state index in [4.69, 9.17) is 34.4 Å². The van der Waals surface area contributed by atoms with E-state index in [0.717, 1.165) is 12.8 Å². The normalized spacial score (nSPS) is 15.2. The van der Waals surface area contributed by atoms with Crippen molar-refractivity contribution < 1.29 is 57.5 Å². The molecule has 97 heavy (non-hydrogen) atoms. The number of rotatable bonds is 55. The van der Waals surface area contributed by atoms with Crippen LogP contribution >= 0.6 is 0 Å². The van der Waals surface area contributed by atoms with E-state index >= 15 is 0 Å². The van der Waals surface area contributed by atoms with Gasteiger partial charge in [0, 0.05) is 150 Å². The van der Waals surface area contributed by atoms with E-state index in [1.165, 1.54) is 0 Å². The van der Waals surface area contributed by atoms with Crippen molar-refractivity contribution in [1.29, 1.82) is 0 Å². The number of nitrogens with one attached hydrogen (secondary N) is 11. The van der Waals surface area contributed by atoms with Crippen LogP contribution < -0.4 is 92.9 Å². The molecular formula is C68H131N17O12. The van der Waals surface area contributed by atoms with Gasteiger partial charge in [-0.1, -0.05) is 81.1 Å². The Morgan fingerprint density at radius 2 is 0.443 bits per heavy atom. The highest BCUT2D eigenvalue weighted by atomic mass is 16.2. The molecule has 0 fully saturated rings. The first kappa shape index (κ1) is 90.4. The average molecular weight is 1380 g/mol. The summed E-state index contributed by atoms with van der Waals surface area (Å²) < 4.78 is 0. The summed E-state index contributed by atoms with van der Waals surface area (Å²) in [6, 6.07) is -6.51. The Balaban J connectivity index is 5.63. The van der Waals surface area contributed by atoms with Gasteiger partial charge in [-0.15, -0.1) is 0 Å². The highest BCUT2D eigenvalue weighted by Gasteiger charge is 2.30. The predicted octanol–water partition coefficient (Wildman–Crippen LogP) is 1.03. The van der Waals surface area contributed by atoms with Crippen LogP contribution in [0.3, 0.4) is 0 Å². The molecule has 0 aromatic carbocycles. The van der Waals surface area contributed by atoms with Crippen molar-refractivity contribution in [3.8, 4) is 0 Å². The zero-order valence-electron chi connectivity index (χ0n) is 60.9. The Kier molecular flexibility index (Phi) is 48.1. The summed E-state index contributed by atoms with van der Waals surface area (Å²) in [6.07, 6.45) is 6.64. The molecule has 0 aliphatic heterocycles. The van der Waals surface area contributed by atoms with Gasteiger partial charge in [-0.2, -0.15) is 0 Å². The first-order valence-corrected chi connectivity index (χ1v) is 35.7. The first-order chi connectivity index (χ1) is 45.6. The molecule has 0 aromatic rings. The summed E-state index contributed by atoms with van der Waals surface area (Å²) >= 11 is 0. The monoisotopic (exact) mass is 1380 g/mol. The molecule has 0 unspecified atom stereocenters. The average Bonchev–Trinajstić information content (AvgIpc) is 0.998. The Hall–Kier alpha value is -6.56. The number of nitrogens with two attached hydrogens (primary N) is 6. The molecule has 12 amide bonds. The predicted molar refractivity (Wildman–Crippen MR) is 377 cm³/mol. The van der Waals surface area contributed by atoms with Gasteiger partial charge in [0.15, 0.2) is 0 Å². The van der Waals surface area contributed by atoms with Gasteiger partial charge in [0.1, 0.15) is 0 Å². The van der Waals surface area contributed by atoms with Crippen molar-refractivity contribution >= 4 is 70.9 Å². The summed E-state index contributed by atoms with van der Waals surface area (Å²) in [4.78, 5) is 158. The van der Waals surface area contributed by atoms with Crippen molar-refractivity contribution in [1.82, 2.24) is 58.5 Å². The molecule has 560 valence electrons. The Labute approximate surface area is 578 Å². The topological polar surface area (TPSA) is 493 Å². The summed E-state index contributed by atoms with van der Waals surface area (Å²) in [5.41, 5.74) is 34.1. The summed E-state index contributed by atoms with van der Waals surface area (Å²) in [7, 11) is 0. The minimum Gasteiger partial charge on any atom is -0.370 e. The third-order valence-corrected chi connectivity index (χ3v) is 16.7. The van der Waals surface area contributed by atoms with Crippen LogP contribution in [0.15, 0.2) is 0 Å². The fraction of sp³-hybridized carbons (Fsp3) is 0.824. The van der Waals surface area contributed by atoms with E-state index in [2.05, 4.69) is 58.5 Å². The number of hydrogen-bond acceptors (Lipinski definition) is 17. The molecule has 0 radical (unpaired) electrons. The third kappa shape index (κ3) is 46.4. The molecule has 0 aliphatic rings. The molecule has 0 aromatic heterocycles. The quantitative estimate of drug-likeness (QED) is 0.0378. The summed E-state index contributed by atoms with van der Waals surface area (Å²) in [5, 5.41) is 32.0. The molecule has 0 bridgehead atoms. The molecule has 23 N–H and O–H groups in total. The number of unbranched alkanes of at least 4 members (excludes halogenated alkanes) is 4. The summed E-state index contributed by atoms with van der Waals surface area (Å²) in [5.74, 6) is -5.12. The van der Waals surface area contributed by atoms with Crippen LogP contribution in [0.1, 0.15) is 237 Å². The second kappa shape index (κ2) is 51.6. The van der Waals surface area contributed by atoms with Gasteiger partial charge < -0.3 is 92.9 Å². The lowest BCUT2D eigenvalue weighted by Gasteiger charge is -2.26. The third-order valence-electron chi connectivity index (χ3n) is 16.7. The fourth-order valence-corrected chi connectivity index (χ4v) is 11.1. The molecule has 0 rings (SSSR count). The number of hydrogen-bond donors (Lipinski definition) is 17. The SMILES string of the molecule is CC(C)[C@@H](CC(N)=O)NC(=O)C[C@H](CCCCN)NC(=O)C[C@H](C)NC(=O)C[C@@H](NC(=O)C[C@H](CCCCN)NC(=O)C[C@H](C)NC(=O)C[C@@H](NC(=O)C[C@H](CCCCN)NC(=O)C[C@H](C)NC(=O)C[C@@H](NC(=O)C[C@H](CCCCN)NC(=O)C[C@H](C)N)C(C)C)C(C)C)C(C)C. The smallest absolute Gasteiger partial charge is 0.222 e. The number of amides is 12. The van der Waals surface area contributed by atoms with E-state index < -0.39 is 108 Å². The molecule has 29 nitrogen and oxygen atoms in total. The number of carbonyl (C=O) groups is 12. The van der Waals surface area contributed by atoms with Crippen molar-refractivity contribution in [3.05, 3.63) is 0 Å². The molecule has 29 heteroatoms. The number of carbonyl (C=O) groups excluding carboxylic acids is 12. The Morgan fingerprint density at radius 1 is 0.247 bits per heavy atom. The van der Waals surface area contributed by atoms with E-state index in [1.54, 1.807) is 27.7 Å². The molecule has 0 aliphatic carbocycles. The van der Waals surface area contributed by atoms with Crippen LogP contribution in [0.5, 0.6) is 0 Å². The van der Waals surface area contributed by atoms with Crippen LogP contribution in [0, 0.1) is 23.7 Å². The van der Waals surface area contributed by atoms with E-state index in [0.29, 0.717) is 90.4 Å². The first-order valence-electron chi connectivity index (χ1n) is 35.7. The Morgan fingerprint density at radius 3 is 0.639 bits per heavy atom. The second-order valence-corrected chi connectivity index (χ2v) is 28.2. The van der Waals surface area contributed by atoms with Crippen LogP contribution in [0.4, 0.5) is 0 Å². The van der Waals surface area contributed by atoms with E-state index in [-0.39, 0.29) is 136 Å². The van der Waals surface area contributed by atoms with Gasteiger partial charge in [-0.05, 0) is 129 Å². The minimum atomic E-state index is -0.640. The summed E-state index contributed by atoms with van der Waals surface area (Å²) in [6.45, 7) is 23.4. The largest absolute Gasteiger partial charge is 0.370 e. The maximum Gasteiger partial charge on any atom is 0.222 e. The van der Waals surface area contributed by atoms with Crippen molar-refractivity contribution in [2.75, 3.05) is 26.2 Å². The molecule has 0 saturated heterocycles. The maximum atomic E-state index is 13.7. The zero-order chi connectivity index (χ0) is 73.7. The minimum absolute atomic E-state index is 0.0150. The fourth-order valence-electron chi connectivity index (χ4n) is 11.1. The van der Waals surface area contributed by atoms with Crippen LogP contribution in [0.25, 0.3) is 0 Å². The number of primary amides is 1. The van der Waals surface area contributed by atoms with Gasteiger partial charge in [-0.3, -0.25) is 57.5 Å². The Bertz CT molecular complexity index is 2380. The van der Waals surface area contributed by atoms with Gasteiger partial charge >= 0.3 is 0 Å². The highest BCUT2D eigenvalue weighted by Crippen LogP contribution is 2.16. The highest BCUT2D eigenvalue weighted by molar-refractivity contribution is 5.86. The standard InChI is InChI=1S/C68H131N17O12/c1-41(2)53(37-57(74)86)82-62(91)34-50(22-14-18-26-70)79-59(88)30-46(10)75-67(96)39-55(43(5)6)84-64(93)36-52(24-16-20-28-72)81-61(90)32-48(12)77-68(97)40-56(44(7)8)85-65(94)35-51(23-15-19-27-71)80-60(89)31-47(11)76-66(95)38-54(42(3)4)83-63(92)33-49(21-13-17-25-69)78-58(87)29-45(9)73/h41-56H,13-40,69-73H2,1-12H3,(H2,74,86)(H,75,96)(H,76,95)(H,77,97)(H,78,87)(H,79,88)(H,80,89)(H,81,90)(H,82,91)(H,83,92)(H,84,93)(H,85,94)/t45-,46-,47-,48-,49-,50-,51-,52-,53+,54+,55+,56+/m0/s1. The molecule has 0 saturated carbocycles. The molecule has 12 atom stereocenters.